The van der Waals surface area contributed by atoms with Gasteiger partial charge in [0.25, 0.3) is 0 Å². The van der Waals surface area contributed by atoms with Crippen LogP contribution >= 0.6 is 0 Å². The highest BCUT2D eigenvalue weighted by Crippen LogP contribution is 2.57. The summed E-state index contributed by atoms with van der Waals surface area (Å²) in [6, 6.07) is 167. The van der Waals surface area contributed by atoms with Crippen molar-refractivity contribution in [2.75, 3.05) is 0 Å². The van der Waals surface area contributed by atoms with Gasteiger partial charge in [-0.15, -0.1) is 0 Å². The van der Waals surface area contributed by atoms with Crippen molar-refractivity contribution in [3.63, 3.8) is 0 Å². The number of para-hydroxylation sites is 4. The number of fused-ring (bicyclic) bond motifs is 27. The van der Waals surface area contributed by atoms with Gasteiger partial charge >= 0.3 is 0 Å². The molecular formula is C137H91N7. The van der Waals surface area contributed by atoms with E-state index >= 15 is 0 Å². The third kappa shape index (κ3) is 11.3. The van der Waals surface area contributed by atoms with Crippen LogP contribution in [-0.2, 0) is 16.2 Å². The first-order chi connectivity index (χ1) is 70.7. The maximum Gasteiger partial charge on any atom is 0.160 e. The molecule has 0 unspecified atom stereocenters. The predicted molar refractivity (Wildman–Crippen MR) is 601 cm³/mol. The lowest BCUT2D eigenvalue weighted by Gasteiger charge is -2.22. The molecule has 21 aromatic carbocycles. The van der Waals surface area contributed by atoms with E-state index in [1.54, 1.807) is 0 Å². The van der Waals surface area contributed by atoms with Gasteiger partial charge in [-0.05, 0) is 297 Å². The van der Waals surface area contributed by atoms with Crippen molar-refractivity contribution < 1.29 is 0 Å². The van der Waals surface area contributed by atoms with Gasteiger partial charge in [-0.25, -0.2) is 9.97 Å². The van der Waals surface area contributed by atoms with E-state index in [1.165, 1.54) is 193 Å². The van der Waals surface area contributed by atoms with E-state index in [9.17, 15) is 0 Å². The van der Waals surface area contributed by atoms with Crippen LogP contribution in [0.15, 0.2) is 443 Å². The Morgan fingerprint density at radius 2 is 0.438 bits per heavy atom. The summed E-state index contributed by atoms with van der Waals surface area (Å²) in [6.45, 7) is 14.2. The van der Waals surface area contributed by atoms with E-state index in [4.69, 9.17) is 9.97 Å². The average molecular weight is 1840 g/mol. The molecule has 0 saturated heterocycles. The summed E-state index contributed by atoms with van der Waals surface area (Å²) in [6.07, 6.45) is 0. The van der Waals surface area contributed by atoms with Crippen molar-refractivity contribution in [2.24, 2.45) is 0 Å². The van der Waals surface area contributed by atoms with Gasteiger partial charge in [0.1, 0.15) is 0 Å². The Labute approximate surface area is 832 Å². The lowest BCUT2D eigenvalue weighted by molar-refractivity contribution is 0.660. The summed E-state index contributed by atoms with van der Waals surface area (Å²) in [7, 11) is 0. The molecular weight excluding hydrogens is 1740 g/mol. The summed E-state index contributed by atoms with van der Waals surface area (Å²) in [5.41, 5.74) is 49.5. The molecule has 144 heavy (non-hydrogen) atoms. The minimum atomic E-state index is -0.135. The van der Waals surface area contributed by atoms with Gasteiger partial charge in [0, 0.05) is 121 Å². The van der Waals surface area contributed by atoms with Crippen LogP contribution in [0.1, 0.15) is 74.9 Å². The molecule has 0 saturated carbocycles. The van der Waals surface area contributed by atoms with Crippen LogP contribution in [0.4, 0.5) is 0 Å². The second-order valence-corrected chi connectivity index (χ2v) is 41.8. The van der Waals surface area contributed by atoms with Crippen molar-refractivity contribution in [3.8, 4) is 151 Å². The van der Waals surface area contributed by atoms with Crippen LogP contribution < -0.4 is 0 Å². The minimum absolute atomic E-state index is 0.110. The second-order valence-electron chi connectivity index (χ2n) is 41.8. The van der Waals surface area contributed by atoms with Crippen LogP contribution in [0.3, 0.4) is 0 Å². The van der Waals surface area contributed by atoms with Crippen molar-refractivity contribution >= 4 is 120 Å². The van der Waals surface area contributed by atoms with Gasteiger partial charge in [-0.1, -0.05) is 315 Å². The fourth-order valence-corrected chi connectivity index (χ4v) is 26.4. The van der Waals surface area contributed by atoms with Crippen LogP contribution in [-0.4, -0.2) is 32.8 Å². The molecule has 7 nitrogen and oxygen atoms in total. The molecule has 0 fully saturated rings. The summed E-state index contributed by atoms with van der Waals surface area (Å²) in [5, 5.41) is 14.5. The number of nitrogens with zero attached hydrogens (tertiary/aromatic N) is 7. The highest BCUT2D eigenvalue weighted by atomic mass is 15.0. The number of aromatic nitrogens is 7. The van der Waals surface area contributed by atoms with Crippen molar-refractivity contribution in [1.82, 2.24) is 32.8 Å². The first-order valence-corrected chi connectivity index (χ1v) is 50.4. The highest BCUT2D eigenvalue weighted by molar-refractivity contribution is 6.22. The lowest BCUT2D eigenvalue weighted by atomic mass is 9.82. The molecule has 0 atom stereocenters. The normalized spacial score (nSPS) is 13.8. The van der Waals surface area contributed by atoms with Gasteiger partial charge < -0.3 is 22.8 Å². The number of hydrogen-bond donors (Lipinski definition) is 0. The molecule has 0 bridgehead atoms. The Morgan fingerprint density at radius 1 is 0.160 bits per heavy atom. The van der Waals surface area contributed by atoms with E-state index < -0.39 is 0 Å². The van der Waals surface area contributed by atoms with Gasteiger partial charge in [0.15, 0.2) is 5.82 Å². The molecule has 27 aromatic rings. The number of hydrogen-bond acceptors (Lipinski definition) is 2. The Balaban J connectivity index is 0.503. The fourth-order valence-electron chi connectivity index (χ4n) is 26.4. The van der Waals surface area contributed by atoms with Crippen LogP contribution in [0.25, 0.3) is 271 Å². The summed E-state index contributed by atoms with van der Waals surface area (Å²) in [4.78, 5) is 11.4. The second kappa shape index (κ2) is 29.5. The topological polar surface area (TPSA) is 50.4 Å². The van der Waals surface area contributed by atoms with Gasteiger partial charge in [0.05, 0.1) is 66.6 Å². The lowest BCUT2D eigenvalue weighted by Crippen LogP contribution is -2.15. The summed E-state index contributed by atoms with van der Waals surface area (Å²) < 4.78 is 12.3. The molecule has 4 aliphatic rings. The van der Waals surface area contributed by atoms with Gasteiger partial charge in [-0.2, -0.15) is 0 Å². The molecule has 6 aromatic heterocycles. The smallest absolute Gasteiger partial charge is 0.160 e. The standard InChI is InChI=1S/C137H91N7/c1-135(2)114-39-17-10-30-95(114)98-59-56-91(77-117(98)135)142-121-43-21-14-34-102(121)109-72-83(49-65-125(109)142)82-48-64-124-108(71-82)101-33-13-20-42-120(101)141(124)90-29-24-28-88(70-90)94-62-63-106-130-105(94)37-25-38-107(130)133-131(106)132(80-26-8-7-9-27-80)138-134(139-133)81-46-54-89(55-47-81)140-128-68-52-86(84-50-66-126-110(73-84)103-35-15-22-44-122(103)143(126)92-57-60-99-96-31-11-18-40-115(96)136(3,4)118(99)78-92)75-112(128)113-76-87(53-69-129(113)140)85-51-67-127-111(74-85)104-36-16-23-45-123(104)144(127)93-58-61-100-97-32-12-19-41-116(97)137(5,6)119(100)79-93/h7-79H,1-6H3. The van der Waals surface area contributed by atoms with Crippen molar-refractivity contribution in [3.05, 3.63) is 476 Å². The fraction of sp³-hybridized carbons (Fsp3) is 0.0657. The zero-order chi connectivity index (χ0) is 95.2. The van der Waals surface area contributed by atoms with E-state index in [0.717, 1.165) is 106 Å². The summed E-state index contributed by atoms with van der Waals surface area (Å²) >= 11 is 0. The van der Waals surface area contributed by atoms with Gasteiger partial charge in [-0.3, -0.25) is 0 Å². The quantitative estimate of drug-likeness (QED) is 0.130. The molecule has 4 aliphatic carbocycles. The van der Waals surface area contributed by atoms with Crippen molar-refractivity contribution in [2.45, 2.75) is 57.8 Å². The van der Waals surface area contributed by atoms with Crippen molar-refractivity contribution in [1.29, 1.82) is 0 Å². The predicted octanol–water partition coefficient (Wildman–Crippen LogP) is 35.7. The van der Waals surface area contributed by atoms with Crippen LogP contribution in [0.2, 0.25) is 0 Å². The first kappa shape index (κ1) is 80.9. The van der Waals surface area contributed by atoms with E-state index in [1.807, 2.05) is 0 Å². The van der Waals surface area contributed by atoms with E-state index in [0.29, 0.717) is 5.82 Å². The minimum Gasteiger partial charge on any atom is -0.309 e. The monoisotopic (exact) mass is 1830 g/mol. The molecule has 31 rings (SSSR count). The Hall–Kier alpha value is -18.0. The Bertz CT molecular complexity index is 10100. The Kier molecular flexibility index (Phi) is 16.6. The molecule has 0 aliphatic heterocycles. The van der Waals surface area contributed by atoms with E-state index in [-0.39, 0.29) is 16.2 Å². The average Bonchev–Trinajstić information content (AvgIpc) is 1.56. The van der Waals surface area contributed by atoms with E-state index in [2.05, 4.69) is 507 Å². The maximum atomic E-state index is 5.74. The molecule has 0 N–H and O–H groups in total. The molecule has 0 spiro atoms. The molecule has 674 valence electrons. The largest absolute Gasteiger partial charge is 0.309 e. The Morgan fingerprint density at radius 3 is 0.840 bits per heavy atom. The molecule has 0 radical (unpaired) electrons. The maximum absolute atomic E-state index is 5.74. The summed E-state index contributed by atoms with van der Waals surface area (Å²) in [5.74, 6) is 0.670. The third-order valence-electron chi connectivity index (χ3n) is 33.3. The van der Waals surface area contributed by atoms with Crippen LogP contribution in [0.5, 0.6) is 0 Å². The zero-order valence-corrected chi connectivity index (χ0v) is 80.3. The zero-order valence-electron chi connectivity index (χ0n) is 80.3. The van der Waals surface area contributed by atoms with Gasteiger partial charge in [0.2, 0.25) is 0 Å². The number of benzene rings is 21. The SMILES string of the molecule is CC1(C)c2ccccc2-c2ccc(-n3c4ccccc4c4cc(-c5ccc6c(c5)c5ccccc5n6-c5cccc(-c6ccc7c8c(cccc68)-c6nc(-c8ccc(-n9c%10ccc(-c%11ccc%12c(c%11)c%11ccccc%11n%12-c%11ccc%12c(c%11)C(C)(C)c%11ccccc%11-%12)cc%10c%10cc(-c%11ccc%12c(c%11)c%11ccccc%11n%12-c%11ccc%12c(c%11)C(C)(C)c%11ccccc%11-%12)ccc%109)cc8)nc(-c8ccccc8)c6-7)c5)ccc43)cc21. The molecule has 7 heteroatoms. The van der Waals surface area contributed by atoms with Crippen LogP contribution in [0, 0.1) is 0 Å². The molecule has 0 amide bonds. The first-order valence-electron chi connectivity index (χ1n) is 50.4. The number of rotatable bonds is 11. The third-order valence-corrected chi connectivity index (χ3v) is 33.3. The molecule has 6 heterocycles. The highest BCUT2D eigenvalue weighted by Gasteiger charge is 2.40.